The van der Waals surface area contributed by atoms with E-state index in [4.69, 9.17) is 22.1 Å². The van der Waals surface area contributed by atoms with Crippen molar-refractivity contribution in [2.75, 3.05) is 26.2 Å². The van der Waals surface area contributed by atoms with Crippen LogP contribution < -0.4 is 10.5 Å². The molecule has 188 valence electrons. The summed E-state index contributed by atoms with van der Waals surface area (Å²) in [5.41, 5.74) is 4.82. The zero-order valence-electron chi connectivity index (χ0n) is 20.0. The summed E-state index contributed by atoms with van der Waals surface area (Å²) in [6, 6.07) is 7.12. The van der Waals surface area contributed by atoms with Crippen LogP contribution in [0.1, 0.15) is 60.9 Å². The summed E-state index contributed by atoms with van der Waals surface area (Å²) < 4.78 is 5.96. The second-order valence-electron chi connectivity index (χ2n) is 9.67. The first kappa shape index (κ1) is 25.4. The Kier molecular flexibility index (Phi) is 7.66. The number of rotatable bonds is 6. The number of likely N-dealkylation sites (tertiary alicyclic amines) is 2. The number of para-hydroxylation sites is 1. The van der Waals surface area contributed by atoms with E-state index in [1.807, 2.05) is 17.0 Å². The maximum Gasteiger partial charge on any atom is 0.273 e. The van der Waals surface area contributed by atoms with Crippen molar-refractivity contribution in [1.29, 1.82) is 0 Å². The topological polar surface area (TPSA) is 106 Å². The van der Waals surface area contributed by atoms with Crippen molar-refractivity contribution in [3.05, 3.63) is 45.4 Å². The highest BCUT2D eigenvalue weighted by Gasteiger charge is 2.37. The quantitative estimate of drug-likeness (QED) is 0.627. The Balaban J connectivity index is 1.33. The Bertz CT molecular complexity index is 1100. The first-order valence-electron chi connectivity index (χ1n) is 11.9. The van der Waals surface area contributed by atoms with Crippen molar-refractivity contribution < 1.29 is 19.1 Å². The Hall–Kier alpha value is -2.65. The zero-order valence-corrected chi connectivity index (χ0v) is 21.6. The molecule has 1 aromatic heterocycles. The number of nitrogens with two attached hydrogens (primary N) is 1. The normalized spacial score (nSPS) is 19.5. The van der Waals surface area contributed by atoms with Gasteiger partial charge in [-0.15, -0.1) is 11.3 Å². The molecule has 3 amide bonds. The van der Waals surface area contributed by atoms with Crippen molar-refractivity contribution in [1.82, 2.24) is 14.8 Å². The number of carbonyl (C=O) groups excluding carboxylic acids is 3. The molecular formula is C25H31ClN4O4S. The Morgan fingerprint density at radius 2 is 1.83 bits per heavy atom. The highest BCUT2D eigenvalue weighted by atomic mass is 35.5. The van der Waals surface area contributed by atoms with E-state index in [9.17, 15) is 14.4 Å². The number of ether oxygens (including phenoxy) is 1. The van der Waals surface area contributed by atoms with Gasteiger partial charge in [0.2, 0.25) is 5.91 Å². The fourth-order valence-corrected chi connectivity index (χ4v) is 5.82. The van der Waals surface area contributed by atoms with E-state index in [-0.39, 0.29) is 29.6 Å². The number of carbonyl (C=O) groups is 3. The smallest absolute Gasteiger partial charge is 0.273 e. The summed E-state index contributed by atoms with van der Waals surface area (Å²) in [7, 11) is 0. The molecule has 0 aliphatic carbocycles. The van der Waals surface area contributed by atoms with Crippen molar-refractivity contribution in [3.63, 3.8) is 0 Å². The average Bonchev–Trinajstić information content (AvgIpc) is 3.35. The molecule has 35 heavy (non-hydrogen) atoms. The molecule has 0 saturated carbocycles. The third-order valence-corrected chi connectivity index (χ3v) is 8.02. The summed E-state index contributed by atoms with van der Waals surface area (Å²) in [6.07, 6.45) is 3.02. The van der Waals surface area contributed by atoms with E-state index in [0.29, 0.717) is 42.6 Å². The van der Waals surface area contributed by atoms with Gasteiger partial charge in [-0.05, 0) is 51.7 Å². The predicted molar refractivity (Wildman–Crippen MR) is 135 cm³/mol. The minimum Gasteiger partial charge on any atom is -0.476 e. The average molecular weight is 519 g/mol. The minimum atomic E-state index is -1.05. The van der Waals surface area contributed by atoms with Crippen LogP contribution in [0.25, 0.3) is 0 Å². The molecule has 2 fully saturated rings. The molecule has 2 aromatic rings. The molecule has 1 unspecified atom stereocenters. The van der Waals surface area contributed by atoms with Gasteiger partial charge in [-0.1, -0.05) is 23.7 Å². The van der Waals surface area contributed by atoms with Crippen LogP contribution in [0.15, 0.2) is 29.6 Å². The number of thiazole rings is 1. The number of hydrogen-bond acceptors (Lipinski definition) is 6. The van der Waals surface area contributed by atoms with Gasteiger partial charge in [0.25, 0.3) is 11.8 Å². The van der Waals surface area contributed by atoms with Crippen LogP contribution in [0.5, 0.6) is 5.75 Å². The van der Waals surface area contributed by atoms with Gasteiger partial charge in [0.15, 0.2) is 5.60 Å². The number of benzene rings is 1. The van der Waals surface area contributed by atoms with Crippen molar-refractivity contribution in [3.8, 4) is 5.75 Å². The van der Waals surface area contributed by atoms with Gasteiger partial charge in [-0.2, -0.15) is 0 Å². The summed E-state index contributed by atoms with van der Waals surface area (Å²) in [5.74, 6) is -0.206. The van der Waals surface area contributed by atoms with Crippen molar-refractivity contribution in [2.45, 2.75) is 51.0 Å². The number of hydrogen-bond donors (Lipinski definition) is 1. The lowest BCUT2D eigenvalue weighted by Gasteiger charge is -2.36. The van der Waals surface area contributed by atoms with Gasteiger partial charge >= 0.3 is 0 Å². The summed E-state index contributed by atoms with van der Waals surface area (Å²) in [5, 5.41) is 3.18. The molecule has 3 heterocycles. The van der Waals surface area contributed by atoms with Gasteiger partial charge in [-0.25, -0.2) is 4.98 Å². The highest BCUT2D eigenvalue weighted by Crippen LogP contribution is 2.33. The van der Waals surface area contributed by atoms with Gasteiger partial charge < -0.3 is 20.3 Å². The van der Waals surface area contributed by atoms with Crippen molar-refractivity contribution in [2.24, 2.45) is 11.7 Å². The van der Waals surface area contributed by atoms with E-state index < -0.39 is 5.60 Å². The largest absolute Gasteiger partial charge is 0.476 e. The monoisotopic (exact) mass is 518 g/mol. The summed E-state index contributed by atoms with van der Waals surface area (Å²) >= 11 is 7.68. The van der Waals surface area contributed by atoms with E-state index in [1.54, 1.807) is 36.3 Å². The van der Waals surface area contributed by atoms with Crippen LogP contribution >= 0.6 is 22.9 Å². The number of amides is 3. The van der Waals surface area contributed by atoms with Gasteiger partial charge in [-0.3, -0.25) is 14.4 Å². The third kappa shape index (κ3) is 5.78. The van der Waals surface area contributed by atoms with E-state index in [0.717, 1.165) is 30.7 Å². The fraction of sp³-hybridized carbons (Fsp3) is 0.520. The number of aromatic nitrogens is 1. The lowest BCUT2D eigenvalue weighted by Crippen LogP contribution is -2.51. The molecule has 2 aliphatic rings. The first-order valence-corrected chi connectivity index (χ1v) is 13.2. The molecule has 4 rings (SSSR count). The van der Waals surface area contributed by atoms with Crippen LogP contribution in [0.4, 0.5) is 0 Å². The van der Waals surface area contributed by atoms with Crippen molar-refractivity contribution >= 4 is 40.7 Å². The summed E-state index contributed by atoms with van der Waals surface area (Å²) in [6.45, 7) is 5.66. The third-order valence-electron chi connectivity index (χ3n) is 6.70. The molecule has 2 aliphatic heterocycles. The van der Waals surface area contributed by atoms with Gasteiger partial charge in [0.1, 0.15) is 11.4 Å². The molecule has 0 spiro atoms. The van der Waals surface area contributed by atoms with Crippen LogP contribution in [0.2, 0.25) is 5.02 Å². The molecule has 10 heteroatoms. The number of halogens is 1. The molecule has 2 N–H and O–H groups in total. The molecule has 1 atom stereocenters. The van der Waals surface area contributed by atoms with E-state index in [2.05, 4.69) is 4.98 Å². The molecule has 8 nitrogen and oxygen atoms in total. The Labute approximate surface area is 214 Å². The maximum absolute atomic E-state index is 13.2. The number of primary amides is 1. The second-order valence-corrected chi connectivity index (χ2v) is 11.0. The highest BCUT2D eigenvalue weighted by molar-refractivity contribution is 7.09. The SMILES string of the molecule is CC(C)(Oc1ccccc1Cl)C(=O)N1CCC(c2nc(C(=O)N3CCCC(C(N)=O)C3)cs2)CC1. The van der Waals surface area contributed by atoms with Crippen LogP contribution in [0, 0.1) is 5.92 Å². The number of piperidine rings is 2. The molecule has 0 radical (unpaired) electrons. The van der Waals surface area contributed by atoms with E-state index >= 15 is 0 Å². The Morgan fingerprint density at radius 3 is 2.51 bits per heavy atom. The fourth-order valence-electron chi connectivity index (χ4n) is 4.69. The summed E-state index contributed by atoms with van der Waals surface area (Å²) in [4.78, 5) is 45.8. The van der Waals surface area contributed by atoms with E-state index in [1.165, 1.54) is 11.3 Å². The van der Waals surface area contributed by atoms with Gasteiger partial charge in [0, 0.05) is 37.5 Å². The standard InChI is InChI=1S/C25H31ClN4O4S/c1-25(2,34-20-8-4-3-7-18(20)26)24(33)29-12-9-16(10-13-29)22-28-19(15-35-22)23(32)30-11-5-6-17(14-30)21(27)31/h3-4,7-8,15-17H,5-6,9-14H2,1-2H3,(H2,27,31). The first-order chi connectivity index (χ1) is 16.7. The lowest BCUT2D eigenvalue weighted by atomic mass is 9.95. The van der Waals surface area contributed by atoms with Crippen LogP contribution in [0.3, 0.4) is 0 Å². The zero-order chi connectivity index (χ0) is 25.2. The Morgan fingerprint density at radius 1 is 1.11 bits per heavy atom. The lowest BCUT2D eigenvalue weighted by molar-refractivity contribution is -0.146. The second kappa shape index (κ2) is 10.5. The minimum absolute atomic E-state index is 0.0834. The number of nitrogens with zero attached hydrogens (tertiary/aromatic N) is 3. The predicted octanol–water partition coefficient (Wildman–Crippen LogP) is 3.70. The van der Waals surface area contributed by atoms with Gasteiger partial charge in [0.05, 0.1) is 15.9 Å². The molecule has 2 saturated heterocycles. The van der Waals surface area contributed by atoms with Crippen LogP contribution in [-0.2, 0) is 9.59 Å². The maximum atomic E-state index is 13.2. The molecular weight excluding hydrogens is 488 g/mol. The molecule has 0 bridgehead atoms. The van der Waals surface area contributed by atoms with Crippen LogP contribution in [-0.4, -0.2) is 64.3 Å². The molecule has 1 aromatic carbocycles.